The zero-order chi connectivity index (χ0) is 12.5. The largest absolute Gasteiger partial charge is 0.476 e. The summed E-state index contributed by atoms with van der Waals surface area (Å²) in [7, 11) is 0. The number of carboxylic acids is 1. The van der Waals surface area contributed by atoms with Crippen LogP contribution in [0.1, 0.15) is 45.4 Å². The zero-order valence-corrected chi connectivity index (χ0v) is 9.94. The highest BCUT2D eigenvalue weighted by atomic mass is 16.7. The van der Waals surface area contributed by atoms with Crippen LogP contribution in [-0.2, 0) is 14.4 Å². The molecule has 3 fully saturated rings. The second-order valence-corrected chi connectivity index (χ2v) is 5.06. The van der Waals surface area contributed by atoms with Gasteiger partial charge in [-0.1, -0.05) is 5.16 Å². The topological polar surface area (TPSA) is 76.0 Å². The molecule has 3 rings (SSSR count). The number of ketones is 1. The Kier molecular flexibility index (Phi) is 3.17. The van der Waals surface area contributed by atoms with Gasteiger partial charge in [0.25, 0.3) is 0 Å². The maximum atomic E-state index is 11.1. The molecule has 0 aromatic heterocycles. The summed E-state index contributed by atoms with van der Waals surface area (Å²) in [5.41, 5.74) is -0.822. The number of aliphatic carboxylic acids is 1. The Morgan fingerprint density at radius 1 is 1.24 bits per heavy atom. The third kappa shape index (κ3) is 2.48. The minimum Gasteiger partial charge on any atom is -0.476 e. The number of oxime groups is 1. The van der Waals surface area contributed by atoms with Crippen molar-refractivity contribution in [3.05, 3.63) is 0 Å². The molecular weight excluding hydrogens is 222 g/mol. The van der Waals surface area contributed by atoms with E-state index in [1.165, 1.54) is 6.92 Å². The van der Waals surface area contributed by atoms with Crippen LogP contribution in [0.3, 0.4) is 0 Å². The lowest BCUT2D eigenvalue weighted by atomic mass is 9.68. The molecule has 3 saturated carbocycles. The Balaban J connectivity index is 2.07. The summed E-state index contributed by atoms with van der Waals surface area (Å²) in [6.07, 6.45) is 6.14. The lowest BCUT2D eigenvalue weighted by molar-refractivity contribution is -0.132. The van der Waals surface area contributed by atoms with Crippen molar-refractivity contribution in [1.29, 1.82) is 0 Å². The lowest BCUT2D eigenvalue weighted by Crippen LogP contribution is -2.41. The van der Waals surface area contributed by atoms with E-state index in [-0.39, 0.29) is 5.60 Å². The molecule has 0 aliphatic heterocycles. The third-order valence-electron chi connectivity index (χ3n) is 3.89. The van der Waals surface area contributed by atoms with Gasteiger partial charge in [0, 0.05) is 6.92 Å². The monoisotopic (exact) mass is 239 g/mol. The van der Waals surface area contributed by atoms with E-state index in [0.717, 1.165) is 44.4 Å². The van der Waals surface area contributed by atoms with Crippen molar-refractivity contribution in [3.63, 3.8) is 0 Å². The smallest absolute Gasteiger partial charge is 0.361 e. The van der Waals surface area contributed by atoms with Gasteiger partial charge in [-0.05, 0) is 44.4 Å². The van der Waals surface area contributed by atoms with Gasteiger partial charge in [-0.3, -0.25) is 4.79 Å². The fraction of sp³-hybridized carbons (Fsp3) is 0.750. The van der Waals surface area contributed by atoms with Crippen molar-refractivity contribution in [3.8, 4) is 0 Å². The van der Waals surface area contributed by atoms with Gasteiger partial charge in [0.1, 0.15) is 5.60 Å². The van der Waals surface area contributed by atoms with E-state index in [1.807, 2.05) is 0 Å². The average Bonchev–Trinajstić information content (AvgIpc) is 2.30. The third-order valence-corrected chi connectivity index (χ3v) is 3.89. The SMILES string of the molecule is CC(=O)C(=NOC12CCC(CC1)CC2)C(=O)O. The maximum Gasteiger partial charge on any atom is 0.361 e. The molecule has 0 spiro atoms. The van der Waals surface area contributed by atoms with Crippen LogP contribution in [0.2, 0.25) is 0 Å². The highest BCUT2D eigenvalue weighted by Gasteiger charge is 2.43. The van der Waals surface area contributed by atoms with E-state index < -0.39 is 17.5 Å². The number of fused-ring (bicyclic) bond motifs is 3. The van der Waals surface area contributed by atoms with Gasteiger partial charge < -0.3 is 9.94 Å². The van der Waals surface area contributed by atoms with Gasteiger partial charge in [-0.15, -0.1) is 0 Å². The molecule has 0 unspecified atom stereocenters. The first-order valence-corrected chi connectivity index (χ1v) is 6.03. The van der Waals surface area contributed by atoms with E-state index in [2.05, 4.69) is 5.16 Å². The van der Waals surface area contributed by atoms with Crippen molar-refractivity contribution in [2.24, 2.45) is 11.1 Å². The number of hydrogen-bond acceptors (Lipinski definition) is 4. The molecule has 0 aromatic carbocycles. The Hall–Kier alpha value is -1.39. The van der Waals surface area contributed by atoms with Gasteiger partial charge >= 0.3 is 5.97 Å². The van der Waals surface area contributed by atoms with E-state index in [9.17, 15) is 9.59 Å². The molecule has 0 radical (unpaired) electrons. The first kappa shape index (κ1) is 12.1. The van der Waals surface area contributed by atoms with E-state index in [1.54, 1.807) is 0 Å². The van der Waals surface area contributed by atoms with Crippen LogP contribution in [0.25, 0.3) is 0 Å². The van der Waals surface area contributed by atoms with E-state index in [0.29, 0.717) is 0 Å². The van der Waals surface area contributed by atoms with Gasteiger partial charge in [0.15, 0.2) is 5.78 Å². The average molecular weight is 239 g/mol. The molecule has 5 nitrogen and oxygen atoms in total. The second kappa shape index (κ2) is 4.47. The maximum absolute atomic E-state index is 11.1. The van der Waals surface area contributed by atoms with Crippen molar-refractivity contribution in [2.45, 2.75) is 51.0 Å². The summed E-state index contributed by atoms with van der Waals surface area (Å²) >= 11 is 0. The van der Waals surface area contributed by atoms with E-state index >= 15 is 0 Å². The minimum atomic E-state index is -1.32. The summed E-state index contributed by atoms with van der Waals surface area (Å²) in [6, 6.07) is 0. The molecule has 0 aromatic rings. The fourth-order valence-electron chi connectivity index (χ4n) is 2.74. The molecule has 5 heteroatoms. The van der Waals surface area contributed by atoms with Crippen molar-refractivity contribution in [1.82, 2.24) is 0 Å². The summed E-state index contributed by atoms with van der Waals surface area (Å²) in [4.78, 5) is 27.3. The zero-order valence-electron chi connectivity index (χ0n) is 9.94. The molecule has 1 N–H and O–H groups in total. The predicted molar refractivity (Wildman–Crippen MR) is 60.8 cm³/mol. The number of carboxylic acid groups (broad SMARTS) is 1. The number of rotatable bonds is 4. The molecular formula is C12H17NO4. The standard InChI is InChI=1S/C12H17NO4/c1-8(14)10(11(15)16)13-17-12-5-2-9(3-6-12)4-7-12/h9H,2-7H2,1H3,(H,15,16). The van der Waals surface area contributed by atoms with E-state index in [4.69, 9.17) is 9.94 Å². The second-order valence-electron chi connectivity index (χ2n) is 5.06. The molecule has 2 bridgehead atoms. The Bertz CT molecular complexity index is 337. The highest BCUT2D eigenvalue weighted by molar-refractivity contribution is 6.63. The first-order valence-electron chi connectivity index (χ1n) is 6.03. The van der Waals surface area contributed by atoms with Crippen LogP contribution in [0.15, 0.2) is 5.16 Å². The molecule has 94 valence electrons. The molecule has 3 aliphatic rings. The summed E-state index contributed by atoms with van der Waals surface area (Å²) in [5.74, 6) is -1.09. The lowest BCUT2D eigenvalue weighted by Gasteiger charge is -2.44. The Morgan fingerprint density at radius 3 is 2.18 bits per heavy atom. The Labute approximate surface area is 99.8 Å². The summed E-state index contributed by atoms with van der Waals surface area (Å²) in [5, 5.41) is 12.4. The van der Waals surface area contributed by atoms with Crippen LogP contribution in [0, 0.1) is 5.92 Å². The number of carbonyl (C=O) groups excluding carboxylic acids is 1. The quantitative estimate of drug-likeness (QED) is 0.460. The van der Waals surface area contributed by atoms with Crippen molar-refractivity contribution >= 4 is 17.5 Å². The molecule has 0 amide bonds. The number of Topliss-reactive ketones (excluding diaryl/α,β-unsaturated/α-hetero) is 1. The van der Waals surface area contributed by atoms with Crippen LogP contribution >= 0.6 is 0 Å². The first-order chi connectivity index (χ1) is 8.02. The van der Waals surface area contributed by atoms with Crippen LogP contribution in [-0.4, -0.2) is 28.2 Å². The number of carbonyl (C=O) groups is 2. The van der Waals surface area contributed by atoms with Gasteiger partial charge in [-0.25, -0.2) is 4.79 Å². The number of hydrogen-bond donors (Lipinski definition) is 1. The van der Waals surface area contributed by atoms with Gasteiger partial charge in [0.2, 0.25) is 5.71 Å². The molecule has 0 heterocycles. The van der Waals surface area contributed by atoms with Crippen LogP contribution in [0.4, 0.5) is 0 Å². The molecule has 3 aliphatic carbocycles. The molecule has 0 atom stereocenters. The van der Waals surface area contributed by atoms with Gasteiger partial charge in [0.05, 0.1) is 0 Å². The summed E-state index contributed by atoms with van der Waals surface area (Å²) < 4.78 is 0. The van der Waals surface area contributed by atoms with Crippen molar-refractivity contribution < 1.29 is 19.5 Å². The molecule has 17 heavy (non-hydrogen) atoms. The fourth-order valence-corrected chi connectivity index (χ4v) is 2.74. The number of nitrogens with zero attached hydrogens (tertiary/aromatic N) is 1. The van der Waals surface area contributed by atoms with Gasteiger partial charge in [-0.2, -0.15) is 0 Å². The van der Waals surface area contributed by atoms with Crippen molar-refractivity contribution in [2.75, 3.05) is 0 Å². The summed E-state index contributed by atoms with van der Waals surface area (Å²) in [6.45, 7) is 1.19. The minimum absolute atomic E-state index is 0.315. The predicted octanol–water partition coefficient (Wildman–Crippen LogP) is 1.76. The Morgan fingerprint density at radius 2 is 1.76 bits per heavy atom. The van der Waals surface area contributed by atoms with Crippen LogP contribution < -0.4 is 0 Å². The van der Waals surface area contributed by atoms with Crippen LogP contribution in [0.5, 0.6) is 0 Å². The molecule has 0 saturated heterocycles. The highest BCUT2D eigenvalue weighted by Crippen LogP contribution is 2.46. The normalized spacial score (nSPS) is 32.3.